The van der Waals surface area contributed by atoms with Crippen LogP contribution in [0.2, 0.25) is 0 Å². The van der Waals surface area contributed by atoms with Gasteiger partial charge in [0.25, 0.3) is 0 Å². The lowest BCUT2D eigenvalue weighted by Crippen LogP contribution is -1.99. The molecule has 4 heteroatoms. The number of fused-ring (bicyclic) bond motifs is 9. The number of hydrogen-bond donors (Lipinski definition) is 0. The highest BCUT2D eigenvalue weighted by molar-refractivity contribution is 6.11. The van der Waals surface area contributed by atoms with E-state index in [1.165, 1.54) is 49.4 Å². The van der Waals surface area contributed by atoms with Crippen molar-refractivity contribution in [1.82, 2.24) is 9.13 Å². The van der Waals surface area contributed by atoms with Gasteiger partial charge in [-0.1, -0.05) is 121 Å². The quantitative estimate of drug-likeness (QED) is 0.168. The van der Waals surface area contributed by atoms with E-state index >= 15 is 0 Å². The fourth-order valence-electron chi connectivity index (χ4n) is 8.60. The minimum atomic E-state index is 0.632. The summed E-state index contributed by atoms with van der Waals surface area (Å²) in [5.74, 6) is 0. The fourth-order valence-corrected chi connectivity index (χ4v) is 8.60. The first kappa shape index (κ1) is 32.9. The zero-order valence-corrected chi connectivity index (χ0v) is 30.7. The molecule has 0 saturated carbocycles. The first-order chi connectivity index (χ1) is 27.6. The maximum atomic E-state index is 10.2. The Balaban J connectivity index is 0.000000214. The van der Waals surface area contributed by atoms with Gasteiger partial charge in [0.15, 0.2) is 5.69 Å². The van der Waals surface area contributed by atoms with Gasteiger partial charge in [0.05, 0.1) is 46.0 Å². The van der Waals surface area contributed by atoms with Crippen LogP contribution in [0.1, 0.15) is 22.3 Å². The van der Waals surface area contributed by atoms with E-state index in [0.717, 1.165) is 56.7 Å². The number of nitrogens with zero attached hydrogens (tertiary/aromatic N) is 4. The van der Waals surface area contributed by atoms with Crippen molar-refractivity contribution in [3.63, 3.8) is 0 Å². The van der Waals surface area contributed by atoms with Crippen molar-refractivity contribution in [2.24, 2.45) is 0 Å². The molecule has 0 fully saturated rings. The minimum absolute atomic E-state index is 0.632. The molecule has 1 aliphatic rings. The van der Waals surface area contributed by atoms with Crippen molar-refractivity contribution in [3.8, 4) is 39.7 Å². The maximum Gasteiger partial charge on any atom is 0.187 e. The topological polar surface area (TPSA) is 38.0 Å². The van der Waals surface area contributed by atoms with Crippen LogP contribution in [0.5, 0.6) is 0 Å². The average molecular weight is 715 g/mol. The van der Waals surface area contributed by atoms with Crippen molar-refractivity contribution in [2.45, 2.75) is 13.3 Å². The molecule has 0 unspecified atom stereocenters. The summed E-state index contributed by atoms with van der Waals surface area (Å²) >= 11 is 0. The highest BCUT2D eigenvalue weighted by atomic mass is 15.0. The Kier molecular flexibility index (Phi) is 7.84. The van der Waals surface area contributed by atoms with E-state index in [0.29, 0.717) is 5.56 Å². The van der Waals surface area contributed by atoms with Crippen LogP contribution in [0.25, 0.3) is 82.1 Å². The van der Waals surface area contributed by atoms with Gasteiger partial charge in [-0.2, -0.15) is 5.26 Å². The molecule has 0 atom stereocenters. The average Bonchev–Trinajstić information content (AvgIpc) is 3.91. The summed E-state index contributed by atoms with van der Waals surface area (Å²) < 4.78 is 4.64. The Bertz CT molecular complexity index is 3220. The standard InChI is InChI=1S/C38H25N3.C14H9N/c1-25-18-19-38-33(20-25)32-13-5-7-15-35(32)40(38)28-22-26(24-39)21-27(23-28)29-10-2-6-14-34(29)41-36-16-8-3-11-30(36)31-12-4-9-17-37(31)41;1-15-12-7-6-11-8-10-4-2-3-5-13(10)14(11)9-12/h2-23H,1H3;2-7,9H,8H2. The second-order valence-corrected chi connectivity index (χ2v) is 14.4. The lowest BCUT2D eigenvalue weighted by molar-refractivity contribution is 1.17. The molecule has 8 aromatic carbocycles. The Hall–Kier alpha value is -7.66. The van der Waals surface area contributed by atoms with E-state index in [-0.39, 0.29) is 0 Å². The zero-order chi connectivity index (χ0) is 37.8. The van der Waals surface area contributed by atoms with Crippen molar-refractivity contribution in [2.75, 3.05) is 0 Å². The normalized spacial score (nSPS) is 11.6. The second-order valence-electron chi connectivity index (χ2n) is 14.4. The van der Waals surface area contributed by atoms with Crippen LogP contribution in [-0.2, 0) is 6.42 Å². The second kappa shape index (κ2) is 13.3. The molecule has 0 saturated heterocycles. The van der Waals surface area contributed by atoms with Crippen molar-refractivity contribution in [3.05, 3.63) is 210 Å². The smallest absolute Gasteiger partial charge is 0.187 e. The van der Waals surface area contributed by atoms with Crippen LogP contribution in [-0.4, -0.2) is 9.13 Å². The number of para-hydroxylation sites is 4. The van der Waals surface area contributed by atoms with Gasteiger partial charge >= 0.3 is 0 Å². The number of nitriles is 1. The first-order valence-corrected chi connectivity index (χ1v) is 18.8. The van der Waals surface area contributed by atoms with Gasteiger partial charge in [-0.25, -0.2) is 4.85 Å². The van der Waals surface area contributed by atoms with Gasteiger partial charge in [-0.15, -0.1) is 0 Å². The van der Waals surface area contributed by atoms with E-state index in [1.807, 2.05) is 24.3 Å². The Morgan fingerprint density at radius 1 is 0.518 bits per heavy atom. The van der Waals surface area contributed by atoms with Gasteiger partial charge < -0.3 is 9.13 Å². The van der Waals surface area contributed by atoms with Crippen LogP contribution in [0.4, 0.5) is 5.69 Å². The summed E-state index contributed by atoms with van der Waals surface area (Å²) in [5.41, 5.74) is 16.6. The predicted octanol–water partition coefficient (Wildman–Crippen LogP) is 13.5. The molecule has 10 aromatic rings. The van der Waals surface area contributed by atoms with E-state index < -0.39 is 0 Å². The molecule has 2 heterocycles. The van der Waals surface area contributed by atoms with E-state index in [4.69, 9.17) is 6.57 Å². The molecule has 0 radical (unpaired) electrons. The molecule has 56 heavy (non-hydrogen) atoms. The number of aromatic nitrogens is 2. The minimum Gasteiger partial charge on any atom is -0.309 e. The van der Waals surface area contributed by atoms with Gasteiger partial charge in [-0.05, 0) is 102 Å². The molecule has 4 nitrogen and oxygen atoms in total. The summed E-state index contributed by atoms with van der Waals surface area (Å²) in [7, 11) is 0. The van der Waals surface area contributed by atoms with Crippen LogP contribution >= 0.6 is 0 Å². The van der Waals surface area contributed by atoms with E-state index in [2.05, 4.69) is 179 Å². The fraction of sp³-hybridized carbons (Fsp3) is 0.0385. The lowest BCUT2D eigenvalue weighted by atomic mass is 10.00. The van der Waals surface area contributed by atoms with Crippen LogP contribution < -0.4 is 0 Å². The molecule has 0 N–H and O–H groups in total. The number of benzene rings is 8. The van der Waals surface area contributed by atoms with Gasteiger partial charge in [0.1, 0.15) is 0 Å². The molecule has 0 amide bonds. The molecule has 0 aliphatic heterocycles. The van der Waals surface area contributed by atoms with Gasteiger partial charge in [-0.3, -0.25) is 0 Å². The molecular formula is C52H34N4. The molecular weight excluding hydrogens is 681 g/mol. The van der Waals surface area contributed by atoms with E-state index in [1.54, 1.807) is 0 Å². The number of aryl methyl sites for hydroxylation is 1. The van der Waals surface area contributed by atoms with Crippen molar-refractivity contribution < 1.29 is 0 Å². The molecule has 2 aromatic heterocycles. The summed E-state index contributed by atoms with van der Waals surface area (Å²) in [6.07, 6.45) is 1.00. The summed E-state index contributed by atoms with van der Waals surface area (Å²) in [4.78, 5) is 3.47. The van der Waals surface area contributed by atoms with Crippen molar-refractivity contribution >= 4 is 49.3 Å². The summed E-state index contributed by atoms with van der Waals surface area (Å²) in [5, 5.41) is 15.0. The molecule has 1 aliphatic carbocycles. The third kappa shape index (κ3) is 5.36. The van der Waals surface area contributed by atoms with E-state index in [9.17, 15) is 5.26 Å². The Morgan fingerprint density at radius 2 is 1.11 bits per heavy atom. The predicted molar refractivity (Wildman–Crippen MR) is 231 cm³/mol. The summed E-state index contributed by atoms with van der Waals surface area (Å²) in [6, 6.07) is 63.8. The number of rotatable bonds is 3. The zero-order valence-electron chi connectivity index (χ0n) is 30.7. The Labute approximate surface area is 325 Å². The lowest BCUT2D eigenvalue weighted by Gasteiger charge is -2.16. The van der Waals surface area contributed by atoms with Gasteiger partial charge in [0.2, 0.25) is 0 Å². The van der Waals surface area contributed by atoms with Crippen LogP contribution in [0, 0.1) is 24.8 Å². The SMILES string of the molecule is Cc1ccc2c(c1)c1ccccc1n2-c1cc(C#N)cc(-c2ccccc2-n2c3ccccc3c3ccccc32)c1.[C-]#[N+]c1ccc2c(c1)-c1ccccc1C2. The molecule has 0 bridgehead atoms. The highest BCUT2D eigenvalue weighted by Gasteiger charge is 2.19. The third-order valence-electron chi connectivity index (χ3n) is 11.1. The largest absolute Gasteiger partial charge is 0.309 e. The Morgan fingerprint density at radius 3 is 1.82 bits per heavy atom. The third-order valence-corrected chi connectivity index (χ3v) is 11.1. The first-order valence-electron chi connectivity index (χ1n) is 18.8. The monoisotopic (exact) mass is 714 g/mol. The van der Waals surface area contributed by atoms with Crippen molar-refractivity contribution in [1.29, 1.82) is 5.26 Å². The molecule has 0 spiro atoms. The number of hydrogen-bond acceptors (Lipinski definition) is 1. The maximum absolute atomic E-state index is 10.2. The summed E-state index contributed by atoms with van der Waals surface area (Å²) in [6.45, 7) is 9.15. The molecule has 11 rings (SSSR count). The molecule has 262 valence electrons. The van der Waals surface area contributed by atoms with Crippen LogP contribution in [0.15, 0.2) is 176 Å². The van der Waals surface area contributed by atoms with Gasteiger partial charge in [0, 0.05) is 32.8 Å². The van der Waals surface area contributed by atoms with Crippen LogP contribution in [0.3, 0.4) is 0 Å². The highest BCUT2D eigenvalue weighted by Crippen LogP contribution is 2.40.